The van der Waals surface area contributed by atoms with Crippen LogP contribution in [0.1, 0.15) is 12.8 Å². The Bertz CT molecular complexity index is 627. The Kier molecular flexibility index (Phi) is 3.30. The standard InChI is InChI=1S/C15H14ClNO2/c16-12-5-3-11(4-6-12)14-9-13(10-15(18)19-14)17-7-1-2-8-17/h3-6,9-10H,1-2,7-8H2. The quantitative estimate of drug-likeness (QED) is 0.840. The molecule has 0 unspecified atom stereocenters. The van der Waals surface area contributed by atoms with Gasteiger partial charge in [0.25, 0.3) is 0 Å². The third-order valence-corrected chi connectivity index (χ3v) is 3.61. The molecule has 2 heterocycles. The van der Waals surface area contributed by atoms with E-state index in [1.54, 1.807) is 18.2 Å². The van der Waals surface area contributed by atoms with Gasteiger partial charge in [0.2, 0.25) is 0 Å². The molecule has 19 heavy (non-hydrogen) atoms. The summed E-state index contributed by atoms with van der Waals surface area (Å²) >= 11 is 5.86. The van der Waals surface area contributed by atoms with Crippen LogP contribution in [-0.2, 0) is 0 Å². The number of rotatable bonds is 2. The van der Waals surface area contributed by atoms with E-state index >= 15 is 0 Å². The summed E-state index contributed by atoms with van der Waals surface area (Å²) in [5.41, 5.74) is 1.50. The lowest BCUT2D eigenvalue weighted by Gasteiger charge is -2.17. The maximum absolute atomic E-state index is 11.7. The molecule has 1 aliphatic rings. The summed E-state index contributed by atoms with van der Waals surface area (Å²) in [5.74, 6) is 0.589. The predicted octanol–water partition coefficient (Wildman–Crippen LogP) is 3.56. The number of benzene rings is 1. The lowest BCUT2D eigenvalue weighted by molar-refractivity contribution is 0.525. The molecule has 0 bridgehead atoms. The van der Waals surface area contributed by atoms with Gasteiger partial charge in [-0.1, -0.05) is 11.6 Å². The lowest BCUT2D eigenvalue weighted by atomic mass is 10.1. The maximum atomic E-state index is 11.7. The highest BCUT2D eigenvalue weighted by atomic mass is 35.5. The van der Waals surface area contributed by atoms with E-state index in [9.17, 15) is 4.79 Å². The molecule has 0 N–H and O–H groups in total. The number of nitrogens with zero attached hydrogens (tertiary/aromatic N) is 1. The summed E-state index contributed by atoms with van der Waals surface area (Å²) in [4.78, 5) is 13.9. The zero-order chi connectivity index (χ0) is 13.2. The molecule has 0 spiro atoms. The van der Waals surface area contributed by atoms with Crippen molar-refractivity contribution in [2.45, 2.75) is 12.8 Å². The Hall–Kier alpha value is -1.74. The zero-order valence-electron chi connectivity index (χ0n) is 10.4. The molecular formula is C15H14ClNO2. The number of anilines is 1. The summed E-state index contributed by atoms with van der Waals surface area (Å²) < 4.78 is 5.28. The minimum Gasteiger partial charge on any atom is -0.423 e. The summed E-state index contributed by atoms with van der Waals surface area (Å²) in [5, 5.41) is 0.668. The van der Waals surface area contributed by atoms with E-state index in [4.69, 9.17) is 16.0 Å². The molecule has 0 radical (unpaired) electrons. The normalized spacial score (nSPS) is 14.9. The zero-order valence-corrected chi connectivity index (χ0v) is 11.2. The van der Waals surface area contributed by atoms with E-state index < -0.39 is 0 Å². The Labute approximate surface area is 116 Å². The topological polar surface area (TPSA) is 33.5 Å². The molecule has 1 aromatic carbocycles. The Balaban J connectivity index is 2.01. The van der Waals surface area contributed by atoms with Crippen molar-refractivity contribution in [1.29, 1.82) is 0 Å². The molecule has 3 nitrogen and oxygen atoms in total. The highest BCUT2D eigenvalue weighted by Crippen LogP contribution is 2.26. The number of hydrogen-bond acceptors (Lipinski definition) is 3. The van der Waals surface area contributed by atoms with Crippen molar-refractivity contribution in [3.05, 3.63) is 51.8 Å². The van der Waals surface area contributed by atoms with Crippen LogP contribution in [0, 0.1) is 0 Å². The van der Waals surface area contributed by atoms with E-state index in [0.717, 1.165) is 24.3 Å². The van der Waals surface area contributed by atoms with Crippen LogP contribution in [0.5, 0.6) is 0 Å². The van der Waals surface area contributed by atoms with E-state index in [2.05, 4.69) is 4.90 Å². The average Bonchev–Trinajstić information content (AvgIpc) is 2.93. The van der Waals surface area contributed by atoms with Gasteiger partial charge in [0.1, 0.15) is 5.76 Å². The Morgan fingerprint density at radius 1 is 1.05 bits per heavy atom. The van der Waals surface area contributed by atoms with Gasteiger partial charge in [-0.15, -0.1) is 0 Å². The fourth-order valence-electron chi connectivity index (χ4n) is 2.38. The third-order valence-electron chi connectivity index (χ3n) is 3.36. The molecule has 1 fully saturated rings. The molecule has 2 aromatic rings. The monoisotopic (exact) mass is 275 g/mol. The number of hydrogen-bond donors (Lipinski definition) is 0. The third kappa shape index (κ3) is 2.66. The Morgan fingerprint density at radius 3 is 2.42 bits per heavy atom. The molecule has 3 rings (SSSR count). The van der Waals surface area contributed by atoms with Crippen LogP contribution in [0.2, 0.25) is 5.02 Å². The van der Waals surface area contributed by atoms with Crippen molar-refractivity contribution in [1.82, 2.24) is 0 Å². The number of halogens is 1. The first-order valence-electron chi connectivity index (χ1n) is 6.38. The molecule has 1 aromatic heterocycles. The summed E-state index contributed by atoms with van der Waals surface area (Å²) in [6, 6.07) is 10.8. The van der Waals surface area contributed by atoms with Crippen LogP contribution in [0.4, 0.5) is 5.69 Å². The molecule has 4 heteroatoms. The van der Waals surface area contributed by atoms with Gasteiger partial charge >= 0.3 is 5.63 Å². The fraction of sp³-hybridized carbons (Fsp3) is 0.267. The van der Waals surface area contributed by atoms with Crippen LogP contribution in [0.3, 0.4) is 0 Å². The second-order valence-corrected chi connectivity index (χ2v) is 5.14. The second-order valence-electron chi connectivity index (χ2n) is 4.70. The van der Waals surface area contributed by atoms with Gasteiger partial charge in [-0.3, -0.25) is 0 Å². The van der Waals surface area contributed by atoms with Crippen LogP contribution < -0.4 is 10.5 Å². The van der Waals surface area contributed by atoms with Crippen molar-refractivity contribution in [3.63, 3.8) is 0 Å². The molecule has 98 valence electrons. The molecule has 1 saturated heterocycles. The van der Waals surface area contributed by atoms with Gasteiger partial charge < -0.3 is 9.32 Å². The van der Waals surface area contributed by atoms with Gasteiger partial charge in [-0.25, -0.2) is 4.79 Å². The fourth-order valence-corrected chi connectivity index (χ4v) is 2.50. The van der Waals surface area contributed by atoms with Crippen LogP contribution in [0.15, 0.2) is 45.6 Å². The van der Waals surface area contributed by atoms with Gasteiger partial charge in [0, 0.05) is 41.5 Å². The predicted molar refractivity (Wildman–Crippen MR) is 76.9 cm³/mol. The van der Waals surface area contributed by atoms with Crippen molar-refractivity contribution in [2.75, 3.05) is 18.0 Å². The molecule has 0 saturated carbocycles. The average molecular weight is 276 g/mol. The van der Waals surface area contributed by atoms with Gasteiger partial charge in [-0.05, 0) is 37.1 Å². The van der Waals surface area contributed by atoms with E-state index in [0.29, 0.717) is 10.8 Å². The highest BCUT2D eigenvalue weighted by Gasteiger charge is 2.14. The molecule has 0 aliphatic carbocycles. The van der Waals surface area contributed by atoms with E-state index in [-0.39, 0.29) is 5.63 Å². The summed E-state index contributed by atoms with van der Waals surface area (Å²) in [6.07, 6.45) is 2.35. The molecule has 0 amide bonds. The van der Waals surface area contributed by atoms with Crippen molar-refractivity contribution >= 4 is 17.3 Å². The first-order valence-corrected chi connectivity index (χ1v) is 6.76. The Morgan fingerprint density at radius 2 is 1.74 bits per heavy atom. The lowest BCUT2D eigenvalue weighted by Crippen LogP contribution is -2.19. The van der Waals surface area contributed by atoms with Crippen molar-refractivity contribution in [3.8, 4) is 11.3 Å². The minimum atomic E-state index is -0.311. The van der Waals surface area contributed by atoms with E-state index in [1.165, 1.54) is 12.8 Å². The first-order chi connectivity index (χ1) is 9.22. The van der Waals surface area contributed by atoms with Crippen molar-refractivity contribution < 1.29 is 4.42 Å². The summed E-state index contributed by atoms with van der Waals surface area (Å²) in [7, 11) is 0. The SMILES string of the molecule is O=c1cc(N2CCCC2)cc(-c2ccc(Cl)cc2)o1. The molecule has 1 aliphatic heterocycles. The summed E-state index contributed by atoms with van der Waals surface area (Å²) in [6.45, 7) is 2.01. The van der Waals surface area contributed by atoms with Crippen molar-refractivity contribution in [2.24, 2.45) is 0 Å². The van der Waals surface area contributed by atoms with Crippen LogP contribution in [-0.4, -0.2) is 13.1 Å². The largest absolute Gasteiger partial charge is 0.423 e. The molecular weight excluding hydrogens is 262 g/mol. The van der Waals surface area contributed by atoms with Gasteiger partial charge in [0.05, 0.1) is 0 Å². The van der Waals surface area contributed by atoms with Crippen LogP contribution >= 0.6 is 11.6 Å². The maximum Gasteiger partial charge on any atom is 0.338 e. The molecule has 0 atom stereocenters. The second kappa shape index (κ2) is 5.10. The minimum absolute atomic E-state index is 0.311. The highest BCUT2D eigenvalue weighted by molar-refractivity contribution is 6.30. The van der Waals surface area contributed by atoms with Gasteiger partial charge in [-0.2, -0.15) is 0 Å². The van der Waals surface area contributed by atoms with Crippen LogP contribution in [0.25, 0.3) is 11.3 Å². The van der Waals surface area contributed by atoms with Gasteiger partial charge in [0.15, 0.2) is 0 Å². The first kappa shape index (κ1) is 12.3. The smallest absolute Gasteiger partial charge is 0.338 e. The van der Waals surface area contributed by atoms with E-state index in [1.807, 2.05) is 18.2 Å².